The standard InChI is InChI=1S/C17H36N2/c1-4-9-17-10-8-14-19(15-11-17)13-7-5-6-12-18-16(2)3/h16-18H,4-15H2,1-3H3. The lowest BCUT2D eigenvalue weighted by atomic mass is 9.96. The number of likely N-dealkylation sites (tertiary alicyclic amines) is 1. The van der Waals surface area contributed by atoms with Crippen molar-refractivity contribution >= 4 is 0 Å². The van der Waals surface area contributed by atoms with Crippen LogP contribution in [0.25, 0.3) is 0 Å². The normalized spacial score (nSPS) is 21.8. The van der Waals surface area contributed by atoms with Crippen molar-refractivity contribution in [3.63, 3.8) is 0 Å². The van der Waals surface area contributed by atoms with Gasteiger partial charge >= 0.3 is 0 Å². The molecule has 1 N–H and O–H groups in total. The molecule has 1 heterocycles. The average molecular weight is 268 g/mol. The largest absolute Gasteiger partial charge is 0.315 e. The quantitative estimate of drug-likeness (QED) is 0.635. The van der Waals surface area contributed by atoms with Crippen LogP contribution in [0.4, 0.5) is 0 Å². The lowest BCUT2D eigenvalue weighted by Crippen LogP contribution is -2.26. The van der Waals surface area contributed by atoms with Crippen molar-refractivity contribution in [1.29, 1.82) is 0 Å². The van der Waals surface area contributed by atoms with Gasteiger partial charge in [0, 0.05) is 6.04 Å². The molecule has 0 aromatic heterocycles. The highest BCUT2D eigenvalue weighted by molar-refractivity contribution is 4.70. The molecule has 2 nitrogen and oxygen atoms in total. The van der Waals surface area contributed by atoms with Crippen LogP contribution in [-0.4, -0.2) is 37.1 Å². The smallest absolute Gasteiger partial charge is 0.00103 e. The van der Waals surface area contributed by atoms with Gasteiger partial charge in [-0.1, -0.05) is 40.0 Å². The van der Waals surface area contributed by atoms with E-state index in [1.807, 2.05) is 0 Å². The predicted octanol–water partition coefficient (Wildman–Crippen LogP) is 4.06. The van der Waals surface area contributed by atoms with E-state index in [4.69, 9.17) is 0 Å². The van der Waals surface area contributed by atoms with Gasteiger partial charge in [0.25, 0.3) is 0 Å². The molecule has 1 fully saturated rings. The van der Waals surface area contributed by atoms with Crippen molar-refractivity contribution in [1.82, 2.24) is 10.2 Å². The van der Waals surface area contributed by atoms with E-state index in [1.54, 1.807) is 0 Å². The fourth-order valence-electron chi connectivity index (χ4n) is 3.17. The molecule has 1 aliphatic heterocycles. The van der Waals surface area contributed by atoms with Gasteiger partial charge in [-0.25, -0.2) is 0 Å². The Bertz CT molecular complexity index is 203. The summed E-state index contributed by atoms with van der Waals surface area (Å²) >= 11 is 0. The Morgan fingerprint density at radius 2 is 1.95 bits per heavy atom. The van der Waals surface area contributed by atoms with E-state index in [0.717, 1.165) is 5.92 Å². The lowest BCUT2D eigenvalue weighted by molar-refractivity contribution is 0.272. The molecule has 1 aliphatic rings. The second-order valence-corrected chi connectivity index (χ2v) is 6.60. The van der Waals surface area contributed by atoms with Crippen molar-refractivity contribution < 1.29 is 0 Å². The van der Waals surface area contributed by atoms with Crippen LogP contribution in [0.5, 0.6) is 0 Å². The summed E-state index contributed by atoms with van der Waals surface area (Å²) in [5.41, 5.74) is 0. The molecule has 0 aromatic carbocycles. The number of rotatable bonds is 9. The first-order valence-corrected chi connectivity index (χ1v) is 8.68. The SMILES string of the molecule is CCCC1CCCN(CCCCCNC(C)C)CC1. The predicted molar refractivity (Wildman–Crippen MR) is 85.7 cm³/mol. The first kappa shape index (κ1) is 17.0. The monoisotopic (exact) mass is 268 g/mol. The Balaban J connectivity index is 2.00. The zero-order valence-electron chi connectivity index (χ0n) is 13.6. The van der Waals surface area contributed by atoms with Crippen LogP contribution < -0.4 is 5.32 Å². The molecule has 0 aliphatic carbocycles. The molecule has 1 atom stereocenters. The van der Waals surface area contributed by atoms with Crippen molar-refractivity contribution in [2.24, 2.45) is 5.92 Å². The van der Waals surface area contributed by atoms with E-state index in [0.29, 0.717) is 6.04 Å². The molecule has 114 valence electrons. The molecule has 0 saturated carbocycles. The Labute approximate surface area is 121 Å². The minimum atomic E-state index is 0.640. The zero-order valence-corrected chi connectivity index (χ0v) is 13.6. The van der Waals surface area contributed by atoms with Gasteiger partial charge < -0.3 is 10.2 Å². The Morgan fingerprint density at radius 3 is 2.68 bits per heavy atom. The zero-order chi connectivity index (χ0) is 13.9. The summed E-state index contributed by atoms with van der Waals surface area (Å²) in [5, 5.41) is 3.50. The number of hydrogen-bond acceptors (Lipinski definition) is 2. The molecule has 2 heteroatoms. The molecule has 1 rings (SSSR count). The van der Waals surface area contributed by atoms with Crippen LogP contribution in [0.1, 0.15) is 72.1 Å². The van der Waals surface area contributed by atoms with Gasteiger partial charge in [0.2, 0.25) is 0 Å². The number of nitrogens with zero attached hydrogens (tertiary/aromatic N) is 1. The van der Waals surface area contributed by atoms with Crippen molar-refractivity contribution in [2.45, 2.75) is 78.2 Å². The Kier molecular flexibility index (Phi) is 9.54. The fourth-order valence-corrected chi connectivity index (χ4v) is 3.17. The van der Waals surface area contributed by atoms with Gasteiger partial charge in [-0.15, -0.1) is 0 Å². The molecule has 1 saturated heterocycles. The first-order valence-electron chi connectivity index (χ1n) is 8.68. The first-order chi connectivity index (χ1) is 9.22. The number of hydrogen-bond donors (Lipinski definition) is 1. The van der Waals surface area contributed by atoms with E-state index in [2.05, 4.69) is 31.0 Å². The third-order valence-corrected chi connectivity index (χ3v) is 4.34. The van der Waals surface area contributed by atoms with Crippen LogP contribution in [0.3, 0.4) is 0 Å². The minimum absolute atomic E-state index is 0.640. The molecular weight excluding hydrogens is 232 g/mol. The van der Waals surface area contributed by atoms with Gasteiger partial charge in [-0.05, 0) is 64.2 Å². The highest BCUT2D eigenvalue weighted by Crippen LogP contribution is 2.22. The summed E-state index contributed by atoms with van der Waals surface area (Å²) in [4.78, 5) is 2.71. The summed E-state index contributed by atoms with van der Waals surface area (Å²) in [7, 11) is 0. The molecular formula is C17H36N2. The molecule has 1 unspecified atom stereocenters. The van der Waals surface area contributed by atoms with Crippen LogP contribution in [0.2, 0.25) is 0 Å². The highest BCUT2D eigenvalue weighted by atomic mass is 15.1. The molecule has 0 amide bonds. The molecule has 0 spiro atoms. The van der Waals surface area contributed by atoms with Crippen LogP contribution in [-0.2, 0) is 0 Å². The van der Waals surface area contributed by atoms with Gasteiger partial charge in [0.05, 0.1) is 0 Å². The summed E-state index contributed by atoms with van der Waals surface area (Å²) in [5.74, 6) is 1.02. The maximum absolute atomic E-state index is 3.50. The summed E-state index contributed by atoms with van der Waals surface area (Å²) in [6.07, 6.45) is 11.3. The second-order valence-electron chi connectivity index (χ2n) is 6.60. The summed E-state index contributed by atoms with van der Waals surface area (Å²) in [6.45, 7) is 12.0. The van der Waals surface area contributed by atoms with Gasteiger partial charge in [-0.2, -0.15) is 0 Å². The third kappa shape index (κ3) is 8.65. The highest BCUT2D eigenvalue weighted by Gasteiger charge is 2.15. The lowest BCUT2D eigenvalue weighted by Gasteiger charge is -2.20. The van der Waals surface area contributed by atoms with E-state index < -0.39 is 0 Å². The van der Waals surface area contributed by atoms with Crippen molar-refractivity contribution in [3.8, 4) is 0 Å². The average Bonchev–Trinajstić information content (AvgIpc) is 2.59. The Hall–Kier alpha value is -0.0800. The molecule has 19 heavy (non-hydrogen) atoms. The van der Waals surface area contributed by atoms with Gasteiger partial charge in [0.1, 0.15) is 0 Å². The molecule has 0 bridgehead atoms. The maximum Gasteiger partial charge on any atom is 0.00103 e. The van der Waals surface area contributed by atoms with E-state index in [-0.39, 0.29) is 0 Å². The van der Waals surface area contributed by atoms with E-state index in [1.165, 1.54) is 77.5 Å². The number of nitrogens with one attached hydrogen (secondary N) is 1. The molecule has 0 aromatic rings. The minimum Gasteiger partial charge on any atom is -0.315 e. The second kappa shape index (κ2) is 10.7. The van der Waals surface area contributed by atoms with Crippen LogP contribution in [0, 0.1) is 5.92 Å². The topological polar surface area (TPSA) is 15.3 Å². The van der Waals surface area contributed by atoms with Crippen molar-refractivity contribution in [3.05, 3.63) is 0 Å². The van der Waals surface area contributed by atoms with Crippen molar-refractivity contribution in [2.75, 3.05) is 26.2 Å². The van der Waals surface area contributed by atoms with Crippen LogP contribution in [0.15, 0.2) is 0 Å². The maximum atomic E-state index is 3.50. The van der Waals surface area contributed by atoms with Gasteiger partial charge in [0.15, 0.2) is 0 Å². The summed E-state index contributed by atoms with van der Waals surface area (Å²) < 4.78 is 0. The summed E-state index contributed by atoms with van der Waals surface area (Å²) in [6, 6.07) is 0.640. The van der Waals surface area contributed by atoms with E-state index >= 15 is 0 Å². The molecule has 0 radical (unpaired) electrons. The Morgan fingerprint density at radius 1 is 1.11 bits per heavy atom. The van der Waals surface area contributed by atoms with Crippen LogP contribution >= 0.6 is 0 Å². The third-order valence-electron chi connectivity index (χ3n) is 4.34. The number of unbranched alkanes of at least 4 members (excludes halogenated alkanes) is 2. The van der Waals surface area contributed by atoms with E-state index in [9.17, 15) is 0 Å². The van der Waals surface area contributed by atoms with Gasteiger partial charge in [-0.3, -0.25) is 0 Å². The fraction of sp³-hybridized carbons (Fsp3) is 1.00.